The topological polar surface area (TPSA) is 0 Å². The molecule has 0 nitrogen and oxygen atoms in total. The monoisotopic (exact) mass is 628 g/mol. The maximum Gasteiger partial charge on any atom is 0.0768 e. The van der Waals surface area contributed by atoms with Gasteiger partial charge >= 0.3 is 0 Å². The summed E-state index contributed by atoms with van der Waals surface area (Å²) in [6, 6.07) is 47.7. The highest BCUT2D eigenvalue weighted by Gasteiger charge is 2.35. The third-order valence-corrected chi connectivity index (χ3v) is 12.7. The number of hydrogen-bond donors (Lipinski definition) is 0. The Morgan fingerprint density at radius 2 is 0.979 bits per heavy atom. The van der Waals surface area contributed by atoms with E-state index in [1.807, 2.05) is 22.7 Å². The quantitative estimate of drug-likeness (QED) is 0.167. The number of benzene rings is 7. The van der Waals surface area contributed by atoms with Crippen molar-refractivity contribution >= 4 is 87.2 Å². The molecule has 2 radical (unpaired) electrons. The van der Waals surface area contributed by atoms with Crippen LogP contribution < -0.4 is 0 Å². The van der Waals surface area contributed by atoms with Gasteiger partial charge < -0.3 is 0 Å². The molecule has 216 valence electrons. The van der Waals surface area contributed by atoms with Crippen molar-refractivity contribution < 1.29 is 0 Å². The van der Waals surface area contributed by atoms with Crippen LogP contribution >= 0.6 is 22.7 Å². The lowest BCUT2D eigenvalue weighted by Gasteiger charge is -2.23. The summed E-state index contributed by atoms with van der Waals surface area (Å²) in [5, 5.41) is 7.90. The van der Waals surface area contributed by atoms with Crippen molar-refractivity contribution in [2.75, 3.05) is 0 Å². The summed E-state index contributed by atoms with van der Waals surface area (Å²) in [7, 11) is 6.80. The van der Waals surface area contributed by atoms with Crippen LogP contribution in [0.25, 0.3) is 90.1 Å². The number of hydrogen-bond acceptors (Lipinski definition) is 2. The normalized spacial score (nSPS) is 15.1. The SMILES string of the molecule is [B]C1CC=C2c3c(cccc31)-c1c2c(-c2ccc3sc4ccccc4c3c2)c2ccccc2c1-c1ccc2sc3ccccc3c2c1. The Kier molecular flexibility index (Phi) is 5.31. The highest BCUT2D eigenvalue weighted by molar-refractivity contribution is 7.26. The molecule has 0 bridgehead atoms. The van der Waals surface area contributed by atoms with Gasteiger partial charge in [0.2, 0.25) is 0 Å². The van der Waals surface area contributed by atoms with Crippen LogP contribution in [-0.2, 0) is 0 Å². The van der Waals surface area contributed by atoms with Gasteiger partial charge in [0, 0.05) is 40.3 Å². The van der Waals surface area contributed by atoms with E-state index in [1.165, 1.54) is 107 Å². The van der Waals surface area contributed by atoms with Gasteiger partial charge in [-0.1, -0.05) is 97.1 Å². The first kappa shape index (κ1) is 26.2. The molecule has 0 amide bonds. The van der Waals surface area contributed by atoms with E-state index in [1.54, 1.807) is 0 Å². The first-order valence-electron chi connectivity index (χ1n) is 16.2. The van der Waals surface area contributed by atoms with Crippen LogP contribution in [0.3, 0.4) is 0 Å². The van der Waals surface area contributed by atoms with Gasteiger partial charge in [-0.2, -0.15) is 0 Å². The molecule has 7 aromatic carbocycles. The number of thiophene rings is 2. The van der Waals surface area contributed by atoms with Gasteiger partial charge in [-0.05, 0) is 115 Å². The number of fused-ring (bicyclic) bond motifs is 10. The second kappa shape index (κ2) is 9.54. The largest absolute Gasteiger partial charge is 0.135 e. The van der Waals surface area contributed by atoms with Gasteiger partial charge in [0.15, 0.2) is 0 Å². The molecule has 3 heteroatoms. The molecule has 9 aromatic rings. The second-order valence-corrected chi connectivity index (χ2v) is 15.1. The molecule has 1 unspecified atom stereocenters. The van der Waals surface area contributed by atoms with Crippen molar-refractivity contribution in [3.8, 4) is 33.4 Å². The first-order valence-corrected chi connectivity index (χ1v) is 17.9. The maximum atomic E-state index is 6.80. The molecular weight excluding hydrogens is 603 g/mol. The van der Waals surface area contributed by atoms with Gasteiger partial charge in [0.05, 0.1) is 7.85 Å². The lowest BCUT2D eigenvalue weighted by atomic mass is 9.71. The average molecular weight is 629 g/mol. The Labute approximate surface area is 281 Å². The molecule has 0 N–H and O–H groups in total. The van der Waals surface area contributed by atoms with Gasteiger partial charge in [0.1, 0.15) is 0 Å². The molecule has 0 fully saturated rings. The van der Waals surface area contributed by atoms with Crippen LogP contribution in [-0.4, -0.2) is 7.85 Å². The average Bonchev–Trinajstić information content (AvgIpc) is 3.78. The van der Waals surface area contributed by atoms with Crippen molar-refractivity contribution in [2.24, 2.45) is 0 Å². The molecule has 2 aliphatic carbocycles. The maximum absolute atomic E-state index is 6.80. The van der Waals surface area contributed by atoms with Crippen LogP contribution in [0.2, 0.25) is 0 Å². The summed E-state index contributed by atoms with van der Waals surface area (Å²) in [6.45, 7) is 0. The molecule has 0 saturated heterocycles. The lowest BCUT2D eigenvalue weighted by Crippen LogP contribution is -2.06. The van der Waals surface area contributed by atoms with Crippen LogP contribution in [0.15, 0.2) is 133 Å². The van der Waals surface area contributed by atoms with E-state index < -0.39 is 0 Å². The van der Waals surface area contributed by atoms with E-state index in [9.17, 15) is 0 Å². The number of rotatable bonds is 2. The third kappa shape index (κ3) is 3.54. The molecule has 47 heavy (non-hydrogen) atoms. The fourth-order valence-electron chi connectivity index (χ4n) is 8.43. The highest BCUT2D eigenvalue weighted by Crippen LogP contribution is 2.59. The van der Waals surface area contributed by atoms with Crippen LogP contribution in [0.1, 0.15) is 28.9 Å². The minimum atomic E-state index is 0.00590. The van der Waals surface area contributed by atoms with Crippen LogP contribution in [0.4, 0.5) is 0 Å². The summed E-state index contributed by atoms with van der Waals surface area (Å²) in [5.41, 5.74) is 13.1. The summed E-state index contributed by atoms with van der Waals surface area (Å²) in [4.78, 5) is 0. The molecule has 0 aliphatic heterocycles. The standard InChI is InChI=1S/C44H25BS2/c45-35-19-18-32-42-30(35)12-7-13-31(42)43-40(24-16-20-38-33(22-24)26-8-3-5-14-36(26)46-38)28-10-1-2-11-29(28)41(44(32)43)25-17-21-39-34(23-25)27-9-4-6-15-37(27)47-39/h1-18,20-23,35H,19H2. The first-order chi connectivity index (χ1) is 23.2. The minimum Gasteiger partial charge on any atom is -0.135 e. The van der Waals surface area contributed by atoms with Crippen molar-refractivity contribution in [2.45, 2.75) is 12.2 Å². The Morgan fingerprint density at radius 3 is 1.60 bits per heavy atom. The lowest BCUT2D eigenvalue weighted by molar-refractivity contribution is 0.937. The van der Waals surface area contributed by atoms with Crippen molar-refractivity contribution in [1.29, 1.82) is 0 Å². The summed E-state index contributed by atoms with van der Waals surface area (Å²) in [5.74, 6) is 0.00590. The zero-order valence-corrected chi connectivity index (χ0v) is 27.0. The second-order valence-electron chi connectivity index (χ2n) is 12.9. The summed E-state index contributed by atoms with van der Waals surface area (Å²) < 4.78 is 5.33. The zero-order chi connectivity index (χ0) is 30.8. The van der Waals surface area contributed by atoms with Gasteiger partial charge in [0.25, 0.3) is 0 Å². The molecule has 11 rings (SSSR count). The van der Waals surface area contributed by atoms with E-state index in [0.29, 0.717) is 0 Å². The molecule has 0 saturated carbocycles. The van der Waals surface area contributed by atoms with E-state index in [0.717, 1.165) is 6.42 Å². The minimum absolute atomic E-state index is 0.00590. The predicted molar refractivity (Wildman–Crippen MR) is 206 cm³/mol. The Bertz CT molecular complexity index is 2850. The van der Waals surface area contributed by atoms with E-state index >= 15 is 0 Å². The number of allylic oxidation sites excluding steroid dienone is 1. The fraction of sp³-hybridized carbons (Fsp3) is 0.0455. The highest BCUT2D eigenvalue weighted by atomic mass is 32.1. The summed E-state index contributed by atoms with van der Waals surface area (Å²) >= 11 is 3.76. The molecule has 0 spiro atoms. The molecule has 2 aromatic heterocycles. The van der Waals surface area contributed by atoms with Crippen LogP contribution in [0, 0.1) is 0 Å². The summed E-state index contributed by atoms with van der Waals surface area (Å²) in [6.07, 6.45) is 3.26. The van der Waals surface area contributed by atoms with Gasteiger partial charge in [-0.25, -0.2) is 0 Å². The smallest absolute Gasteiger partial charge is 0.0768 e. The molecule has 1 atom stereocenters. The van der Waals surface area contributed by atoms with E-state index in [-0.39, 0.29) is 5.82 Å². The van der Waals surface area contributed by atoms with E-state index in [2.05, 4.69) is 133 Å². The van der Waals surface area contributed by atoms with Crippen molar-refractivity contribution in [3.05, 3.63) is 150 Å². The van der Waals surface area contributed by atoms with Gasteiger partial charge in [-0.15, -0.1) is 22.7 Å². The zero-order valence-electron chi connectivity index (χ0n) is 25.4. The predicted octanol–water partition coefficient (Wildman–Crippen LogP) is 12.9. The van der Waals surface area contributed by atoms with Crippen LogP contribution in [0.5, 0.6) is 0 Å². The Hall–Kier alpha value is -4.96. The van der Waals surface area contributed by atoms with Gasteiger partial charge in [-0.3, -0.25) is 0 Å². The van der Waals surface area contributed by atoms with Crippen molar-refractivity contribution in [1.82, 2.24) is 0 Å². The Balaban J connectivity index is 1.30. The van der Waals surface area contributed by atoms with Crippen molar-refractivity contribution in [3.63, 3.8) is 0 Å². The molecule has 2 aliphatic rings. The fourth-order valence-corrected chi connectivity index (χ4v) is 10.6. The third-order valence-electron chi connectivity index (χ3n) is 10.4. The molecule has 2 heterocycles. The Morgan fingerprint density at radius 1 is 0.447 bits per heavy atom. The molecular formula is C44H25BS2. The van der Waals surface area contributed by atoms with E-state index in [4.69, 9.17) is 7.85 Å².